The van der Waals surface area contributed by atoms with Crippen molar-refractivity contribution in [3.63, 3.8) is 0 Å². The first-order chi connectivity index (χ1) is 11.0. The summed E-state index contributed by atoms with van der Waals surface area (Å²) in [5, 5.41) is 0.333. The van der Waals surface area contributed by atoms with E-state index in [2.05, 4.69) is 4.90 Å². The summed E-state index contributed by atoms with van der Waals surface area (Å²) >= 11 is 5.84. The second-order valence-electron chi connectivity index (χ2n) is 5.38. The van der Waals surface area contributed by atoms with E-state index in [4.69, 9.17) is 11.6 Å². The minimum Gasteiger partial charge on any atom is -0.368 e. The Bertz CT molecular complexity index is 713. The van der Waals surface area contributed by atoms with E-state index in [1.807, 2.05) is 0 Å². The molecule has 1 saturated heterocycles. The van der Waals surface area contributed by atoms with Gasteiger partial charge in [0.15, 0.2) is 0 Å². The Morgan fingerprint density at radius 1 is 0.957 bits per heavy atom. The molecule has 0 spiro atoms. The first kappa shape index (κ1) is 15.7. The van der Waals surface area contributed by atoms with Gasteiger partial charge in [0, 0.05) is 36.9 Å². The smallest absolute Gasteiger partial charge is 0.257 e. The van der Waals surface area contributed by atoms with Crippen LogP contribution >= 0.6 is 11.6 Å². The molecular weight excluding hydrogens is 322 g/mol. The Balaban J connectivity index is 1.67. The molecule has 0 radical (unpaired) electrons. The third kappa shape index (κ3) is 3.45. The van der Waals surface area contributed by atoms with E-state index in [1.165, 1.54) is 30.3 Å². The number of hydrogen-bond donors (Lipinski definition) is 0. The molecule has 1 fully saturated rings. The maximum atomic E-state index is 13.8. The summed E-state index contributed by atoms with van der Waals surface area (Å²) in [5.74, 6) is -1.21. The highest BCUT2D eigenvalue weighted by atomic mass is 35.5. The van der Waals surface area contributed by atoms with Crippen LogP contribution in [0.4, 0.5) is 14.5 Å². The molecular formula is C17H15ClF2N2O. The highest BCUT2D eigenvalue weighted by Crippen LogP contribution is 2.20. The number of halogens is 3. The number of anilines is 1. The number of amides is 1. The van der Waals surface area contributed by atoms with E-state index in [0.717, 1.165) is 5.69 Å². The number of benzene rings is 2. The lowest BCUT2D eigenvalue weighted by Gasteiger charge is -2.36. The van der Waals surface area contributed by atoms with Gasteiger partial charge in [0.05, 0.1) is 5.56 Å². The van der Waals surface area contributed by atoms with Crippen molar-refractivity contribution in [3.8, 4) is 0 Å². The summed E-state index contributed by atoms with van der Waals surface area (Å²) < 4.78 is 26.8. The third-order valence-electron chi connectivity index (χ3n) is 3.92. The normalized spacial score (nSPS) is 14.9. The fourth-order valence-electron chi connectivity index (χ4n) is 2.65. The molecule has 0 saturated carbocycles. The van der Waals surface area contributed by atoms with Crippen LogP contribution in [0.2, 0.25) is 5.02 Å². The average Bonchev–Trinajstić information content (AvgIpc) is 2.57. The lowest BCUT2D eigenvalue weighted by atomic mass is 10.1. The molecule has 1 aliphatic heterocycles. The summed E-state index contributed by atoms with van der Waals surface area (Å²) in [5.41, 5.74) is 0.903. The Morgan fingerprint density at radius 3 is 2.26 bits per heavy atom. The molecule has 3 nitrogen and oxygen atoms in total. The van der Waals surface area contributed by atoms with Crippen LogP contribution in [0.1, 0.15) is 10.4 Å². The lowest BCUT2D eigenvalue weighted by Crippen LogP contribution is -2.49. The minimum absolute atomic E-state index is 0.00673. The van der Waals surface area contributed by atoms with Crippen LogP contribution < -0.4 is 4.90 Å². The van der Waals surface area contributed by atoms with Crippen LogP contribution in [-0.4, -0.2) is 37.0 Å². The highest BCUT2D eigenvalue weighted by Gasteiger charge is 2.24. The molecule has 1 aliphatic rings. The summed E-state index contributed by atoms with van der Waals surface area (Å²) in [6.07, 6.45) is 0. The predicted molar refractivity (Wildman–Crippen MR) is 85.9 cm³/mol. The van der Waals surface area contributed by atoms with Crippen LogP contribution in [0.3, 0.4) is 0 Å². The Hall–Kier alpha value is -2.14. The summed E-state index contributed by atoms with van der Waals surface area (Å²) in [6, 6.07) is 10.2. The zero-order valence-corrected chi connectivity index (χ0v) is 13.1. The molecule has 0 N–H and O–H groups in total. The van der Waals surface area contributed by atoms with Crippen molar-refractivity contribution in [2.45, 2.75) is 0 Å². The molecule has 0 atom stereocenters. The first-order valence-electron chi connectivity index (χ1n) is 7.29. The number of piperazine rings is 1. The Morgan fingerprint density at radius 2 is 1.61 bits per heavy atom. The quantitative estimate of drug-likeness (QED) is 0.837. The van der Waals surface area contributed by atoms with Gasteiger partial charge < -0.3 is 9.80 Å². The molecule has 2 aromatic rings. The van der Waals surface area contributed by atoms with Gasteiger partial charge in [0.25, 0.3) is 5.91 Å². The lowest BCUT2D eigenvalue weighted by molar-refractivity contribution is 0.0742. The zero-order valence-electron chi connectivity index (χ0n) is 12.3. The molecule has 0 unspecified atom stereocenters. The maximum absolute atomic E-state index is 13.8. The van der Waals surface area contributed by atoms with E-state index in [1.54, 1.807) is 17.0 Å². The molecule has 1 heterocycles. The van der Waals surface area contributed by atoms with Crippen molar-refractivity contribution in [3.05, 3.63) is 64.7 Å². The molecule has 3 rings (SSSR count). The molecule has 0 bridgehead atoms. The molecule has 0 aromatic heterocycles. The van der Waals surface area contributed by atoms with Gasteiger partial charge in [-0.1, -0.05) is 11.6 Å². The summed E-state index contributed by atoms with van der Waals surface area (Å²) in [7, 11) is 0. The second-order valence-corrected chi connectivity index (χ2v) is 5.82. The highest BCUT2D eigenvalue weighted by molar-refractivity contribution is 6.31. The van der Waals surface area contributed by atoms with E-state index < -0.39 is 5.82 Å². The Labute approximate surface area is 138 Å². The van der Waals surface area contributed by atoms with E-state index >= 15 is 0 Å². The molecule has 6 heteroatoms. The molecule has 1 amide bonds. The van der Waals surface area contributed by atoms with E-state index in [-0.39, 0.29) is 17.3 Å². The monoisotopic (exact) mass is 336 g/mol. The van der Waals surface area contributed by atoms with E-state index in [0.29, 0.717) is 31.2 Å². The topological polar surface area (TPSA) is 23.6 Å². The summed E-state index contributed by atoms with van der Waals surface area (Å²) in [4.78, 5) is 16.1. The van der Waals surface area contributed by atoms with Crippen LogP contribution in [0.5, 0.6) is 0 Å². The largest absolute Gasteiger partial charge is 0.368 e. The number of rotatable bonds is 2. The fourth-order valence-corrected chi connectivity index (χ4v) is 2.82. The average molecular weight is 337 g/mol. The van der Waals surface area contributed by atoms with Crippen molar-refractivity contribution < 1.29 is 13.6 Å². The van der Waals surface area contributed by atoms with E-state index in [9.17, 15) is 13.6 Å². The SMILES string of the molecule is O=C(c1cc(Cl)ccc1F)N1CCN(c2ccc(F)cc2)CC1. The molecule has 23 heavy (non-hydrogen) atoms. The van der Waals surface area contributed by atoms with Crippen molar-refractivity contribution in [2.24, 2.45) is 0 Å². The van der Waals surface area contributed by atoms with Crippen molar-refractivity contribution >= 4 is 23.2 Å². The van der Waals surface area contributed by atoms with Gasteiger partial charge >= 0.3 is 0 Å². The van der Waals surface area contributed by atoms with Gasteiger partial charge in [-0.3, -0.25) is 4.79 Å². The summed E-state index contributed by atoms with van der Waals surface area (Å²) in [6.45, 7) is 2.17. The predicted octanol–water partition coefficient (Wildman–Crippen LogP) is 3.58. The van der Waals surface area contributed by atoms with Crippen LogP contribution in [0.15, 0.2) is 42.5 Å². The maximum Gasteiger partial charge on any atom is 0.257 e. The van der Waals surface area contributed by atoms with Gasteiger partial charge in [-0.25, -0.2) is 8.78 Å². The third-order valence-corrected chi connectivity index (χ3v) is 4.15. The number of carbonyl (C=O) groups excluding carboxylic acids is 1. The number of carbonyl (C=O) groups is 1. The van der Waals surface area contributed by atoms with Crippen LogP contribution in [0.25, 0.3) is 0 Å². The second kappa shape index (κ2) is 6.54. The molecule has 0 aliphatic carbocycles. The van der Waals surface area contributed by atoms with Gasteiger partial charge in [0.2, 0.25) is 0 Å². The minimum atomic E-state index is -0.569. The first-order valence-corrected chi connectivity index (χ1v) is 7.67. The van der Waals surface area contributed by atoms with Crippen molar-refractivity contribution in [1.82, 2.24) is 4.90 Å². The Kier molecular flexibility index (Phi) is 4.48. The number of nitrogens with zero attached hydrogens (tertiary/aromatic N) is 2. The fraction of sp³-hybridized carbons (Fsp3) is 0.235. The van der Waals surface area contributed by atoms with Crippen molar-refractivity contribution in [2.75, 3.05) is 31.1 Å². The number of hydrogen-bond acceptors (Lipinski definition) is 2. The molecule has 120 valence electrons. The molecule has 2 aromatic carbocycles. The van der Waals surface area contributed by atoms with Crippen LogP contribution in [-0.2, 0) is 0 Å². The van der Waals surface area contributed by atoms with Gasteiger partial charge in [-0.2, -0.15) is 0 Å². The van der Waals surface area contributed by atoms with Crippen LogP contribution in [0, 0.1) is 11.6 Å². The van der Waals surface area contributed by atoms with Gasteiger partial charge in [0.1, 0.15) is 11.6 Å². The van der Waals surface area contributed by atoms with Crippen molar-refractivity contribution in [1.29, 1.82) is 0 Å². The van der Waals surface area contributed by atoms with Gasteiger partial charge in [-0.05, 0) is 42.5 Å². The zero-order chi connectivity index (χ0) is 16.4. The van der Waals surface area contributed by atoms with Gasteiger partial charge in [-0.15, -0.1) is 0 Å². The standard InChI is InChI=1S/C17H15ClF2N2O/c18-12-1-6-16(20)15(11-12)17(23)22-9-7-21(8-10-22)14-4-2-13(19)3-5-14/h1-6,11H,7-10H2.